The van der Waals surface area contributed by atoms with Gasteiger partial charge in [0.05, 0.1) is 5.41 Å². The van der Waals surface area contributed by atoms with E-state index >= 15 is 0 Å². The fraction of sp³-hybridized carbons (Fsp3) is 0.0172. The lowest BCUT2D eigenvalue weighted by molar-refractivity contribution is 0.723. The van der Waals surface area contributed by atoms with Gasteiger partial charge >= 0.3 is 0 Å². The third kappa shape index (κ3) is 5.87. The Hall–Kier alpha value is -7.66. The van der Waals surface area contributed by atoms with Crippen molar-refractivity contribution in [2.24, 2.45) is 0 Å². The van der Waals surface area contributed by atoms with Crippen LogP contribution in [0.2, 0.25) is 0 Å². The van der Waals surface area contributed by atoms with Crippen LogP contribution in [0.1, 0.15) is 22.3 Å². The maximum Gasteiger partial charge on any atom is 0.164 e. The minimum absolute atomic E-state index is 0.442. The van der Waals surface area contributed by atoms with Crippen molar-refractivity contribution >= 4 is 11.8 Å². The summed E-state index contributed by atoms with van der Waals surface area (Å²) < 4.78 is 0. The molecule has 0 saturated heterocycles. The van der Waals surface area contributed by atoms with Gasteiger partial charge in [-0.05, 0) is 78.9 Å². The summed E-state index contributed by atoms with van der Waals surface area (Å²) in [4.78, 5) is 18.1. The lowest BCUT2D eigenvalue weighted by Crippen LogP contribution is -2.32. The van der Waals surface area contributed by atoms with Crippen LogP contribution in [0.4, 0.5) is 0 Å². The van der Waals surface area contributed by atoms with Gasteiger partial charge in [-0.25, -0.2) is 15.0 Å². The van der Waals surface area contributed by atoms with Gasteiger partial charge < -0.3 is 0 Å². The van der Waals surface area contributed by atoms with Crippen LogP contribution in [0.5, 0.6) is 0 Å². The van der Waals surface area contributed by atoms with E-state index in [1.807, 2.05) is 23.9 Å². The zero-order valence-electron chi connectivity index (χ0n) is 33.6. The van der Waals surface area contributed by atoms with Crippen molar-refractivity contribution in [1.82, 2.24) is 15.0 Å². The standard InChI is InChI=1S/C58H37N3S/c1-3-15-38(16-4-1)40-29-33-42(34-30-40)55-59-56(43-35-31-41(32-36-43)39-17-5-2-6-18-39)61-57(60-55)45-20-13-19-44(37-45)46-23-14-27-52-54(46)62-53-28-12-11-26-51(53)58(52)49-24-9-7-21-47(49)48-22-8-10-25-50(48)58/h1-37H. The molecule has 2 aliphatic rings. The number of rotatable bonds is 6. The molecule has 1 spiro atoms. The highest BCUT2D eigenvalue weighted by Gasteiger charge is 2.50. The zero-order chi connectivity index (χ0) is 41.0. The number of fused-ring (bicyclic) bond motifs is 9. The summed E-state index contributed by atoms with van der Waals surface area (Å²) in [7, 11) is 0. The quantitative estimate of drug-likeness (QED) is 0.168. The normalized spacial score (nSPS) is 12.9. The van der Waals surface area contributed by atoms with Gasteiger partial charge in [0.25, 0.3) is 0 Å². The third-order valence-electron chi connectivity index (χ3n) is 12.4. The molecule has 1 aliphatic carbocycles. The van der Waals surface area contributed by atoms with Crippen molar-refractivity contribution in [1.29, 1.82) is 0 Å². The fourth-order valence-electron chi connectivity index (χ4n) is 9.58. The molecule has 290 valence electrons. The highest BCUT2D eigenvalue weighted by Crippen LogP contribution is 2.63. The molecule has 3 nitrogen and oxygen atoms in total. The van der Waals surface area contributed by atoms with E-state index in [0.717, 1.165) is 33.4 Å². The summed E-state index contributed by atoms with van der Waals surface area (Å²) in [5.41, 5.74) is 17.2. The molecule has 0 bridgehead atoms. The lowest BCUT2D eigenvalue weighted by Gasteiger charge is -2.40. The van der Waals surface area contributed by atoms with Gasteiger partial charge in [0.2, 0.25) is 0 Å². The van der Waals surface area contributed by atoms with Gasteiger partial charge in [-0.2, -0.15) is 0 Å². The molecule has 10 aromatic rings. The van der Waals surface area contributed by atoms with Gasteiger partial charge in [-0.1, -0.05) is 224 Å². The molecule has 2 heterocycles. The van der Waals surface area contributed by atoms with Crippen molar-refractivity contribution in [3.8, 4) is 78.7 Å². The Morgan fingerprint density at radius 3 is 1.24 bits per heavy atom. The molecule has 1 aromatic heterocycles. The van der Waals surface area contributed by atoms with Crippen LogP contribution in [0, 0.1) is 0 Å². The number of nitrogens with zero attached hydrogens (tertiary/aromatic N) is 3. The van der Waals surface area contributed by atoms with Crippen molar-refractivity contribution in [2.75, 3.05) is 0 Å². The van der Waals surface area contributed by atoms with Gasteiger partial charge in [-0.3, -0.25) is 0 Å². The average Bonchev–Trinajstić information content (AvgIpc) is 3.65. The molecule has 0 amide bonds. The number of aromatic nitrogens is 3. The molecular weight excluding hydrogens is 771 g/mol. The Balaban J connectivity index is 1.00. The molecule has 4 heteroatoms. The smallest absolute Gasteiger partial charge is 0.164 e. The number of benzene rings is 9. The minimum Gasteiger partial charge on any atom is -0.208 e. The van der Waals surface area contributed by atoms with Gasteiger partial charge in [-0.15, -0.1) is 0 Å². The predicted octanol–water partition coefficient (Wildman–Crippen LogP) is 14.7. The average molecular weight is 808 g/mol. The van der Waals surface area contributed by atoms with Crippen LogP contribution in [0.15, 0.2) is 234 Å². The van der Waals surface area contributed by atoms with Crippen LogP contribution in [0.25, 0.3) is 78.7 Å². The Bertz CT molecular complexity index is 3160. The second kappa shape index (κ2) is 14.8. The molecule has 0 fully saturated rings. The molecule has 0 N–H and O–H groups in total. The summed E-state index contributed by atoms with van der Waals surface area (Å²) in [5.74, 6) is 1.89. The SMILES string of the molecule is c1ccc(-c2ccc(-c3nc(-c4ccc(-c5ccccc5)cc4)nc(-c4cccc(-c5cccc6c5Sc5ccccc5C65c6ccccc6-c6ccccc65)c4)n3)cc2)cc1. The van der Waals surface area contributed by atoms with Crippen LogP contribution >= 0.6 is 11.8 Å². The first-order chi connectivity index (χ1) is 30.7. The molecule has 12 rings (SSSR count). The lowest BCUT2D eigenvalue weighted by atomic mass is 9.67. The van der Waals surface area contributed by atoms with Crippen molar-refractivity contribution in [2.45, 2.75) is 15.2 Å². The minimum atomic E-state index is -0.442. The Labute approximate surface area is 365 Å². The maximum atomic E-state index is 5.20. The topological polar surface area (TPSA) is 38.7 Å². The van der Waals surface area contributed by atoms with Crippen molar-refractivity contribution < 1.29 is 0 Å². The predicted molar refractivity (Wildman–Crippen MR) is 254 cm³/mol. The van der Waals surface area contributed by atoms with Gasteiger partial charge in [0.15, 0.2) is 17.5 Å². The van der Waals surface area contributed by atoms with E-state index in [0.29, 0.717) is 17.5 Å². The molecule has 0 saturated carbocycles. The van der Waals surface area contributed by atoms with E-state index in [1.54, 1.807) is 0 Å². The molecule has 1 aliphatic heterocycles. The van der Waals surface area contributed by atoms with E-state index in [1.165, 1.54) is 59.9 Å². The molecule has 0 unspecified atom stereocenters. The van der Waals surface area contributed by atoms with E-state index < -0.39 is 5.41 Å². The highest BCUT2D eigenvalue weighted by molar-refractivity contribution is 7.99. The fourth-order valence-corrected chi connectivity index (χ4v) is 10.9. The number of hydrogen-bond donors (Lipinski definition) is 0. The van der Waals surface area contributed by atoms with E-state index in [-0.39, 0.29) is 0 Å². The number of hydrogen-bond acceptors (Lipinski definition) is 4. The summed E-state index contributed by atoms with van der Waals surface area (Å²) >= 11 is 1.87. The monoisotopic (exact) mass is 807 g/mol. The Morgan fingerprint density at radius 2 is 0.661 bits per heavy atom. The summed E-state index contributed by atoms with van der Waals surface area (Å²) in [6.07, 6.45) is 0. The zero-order valence-corrected chi connectivity index (χ0v) is 34.4. The van der Waals surface area contributed by atoms with Crippen LogP contribution in [0.3, 0.4) is 0 Å². The first-order valence-corrected chi connectivity index (χ1v) is 21.8. The Morgan fingerprint density at radius 1 is 0.274 bits per heavy atom. The summed E-state index contributed by atoms with van der Waals surface area (Å²) in [6, 6.07) is 80.4. The molecule has 0 radical (unpaired) electrons. The van der Waals surface area contributed by atoms with Crippen LogP contribution in [-0.4, -0.2) is 15.0 Å². The van der Waals surface area contributed by atoms with E-state index in [4.69, 9.17) is 15.0 Å². The summed E-state index contributed by atoms with van der Waals surface area (Å²) in [5, 5.41) is 0. The van der Waals surface area contributed by atoms with Crippen molar-refractivity contribution in [3.05, 3.63) is 247 Å². The third-order valence-corrected chi connectivity index (χ3v) is 13.7. The first kappa shape index (κ1) is 36.2. The molecular formula is C58H37N3S. The van der Waals surface area contributed by atoms with Gasteiger partial charge in [0, 0.05) is 26.5 Å². The second-order valence-corrected chi connectivity index (χ2v) is 16.9. The van der Waals surface area contributed by atoms with E-state index in [9.17, 15) is 0 Å². The van der Waals surface area contributed by atoms with Crippen LogP contribution in [-0.2, 0) is 5.41 Å². The van der Waals surface area contributed by atoms with Gasteiger partial charge in [0.1, 0.15) is 0 Å². The Kier molecular flexibility index (Phi) is 8.65. The largest absolute Gasteiger partial charge is 0.208 e. The van der Waals surface area contributed by atoms with Crippen molar-refractivity contribution in [3.63, 3.8) is 0 Å². The first-order valence-electron chi connectivity index (χ1n) is 21.0. The summed E-state index contributed by atoms with van der Waals surface area (Å²) in [6.45, 7) is 0. The van der Waals surface area contributed by atoms with E-state index in [2.05, 4.69) is 212 Å². The highest BCUT2D eigenvalue weighted by atomic mass is 32.2. The molecule has 0 atom stereocenters. The molecule has 62 heavy (non-hydrogen) atoms. The second-order valence-electron chi connectivity index (χ2n) is 15.9. The van der Waals surface area contributed by atoms with Crippen LogP contribution < -0.4 is 0 Å². The maximum absolute atomic E-state index is 5.20. The molecule has 9 aromatic carbocycles.